The first-order valence-electron chi connectivity index (χ1n) is 7.34. The van der Waals surface area contributed by atoms with Crippen molar-refractivity contribution in [3.05, 3.63) is 17.5 Å². The number of likely N-dealkylation sites (tertiary alicyclic amines) is 1. The monoisotopic (exact) mass is 305 g/mol. The van der Waals surface area contributed by atoms with Crippen molar-refractivity contribution >= 4 is 17.8 Å². The third-order valence-electron chi connectivity index (χ3n) is 4.06. The summed E-state index contributed by atoms with van der Waals surface area (Å²) in [7, 11) is 0. The molecule has 0 radical (unpaired) electrons. The lowest BCUT2D eigenvalue weighted by atomic mass is 10.1. The number of carbonyl (C=O) groups excluding carboxylic acids is 3. The fraction of sp³-hybridized carbons (Fsp3) is 0.571. The molecule has 1 aromatic rings. The van der Waals surface area contributed by atoms with Gasteiger partial charge < -0.3 is 10.2 Å². The maximum absolute atomic E-state index is 12.2. The third-order valence-corrected chi connectivity index (χ3v) is 4.06. The van der Waals surface area contributed by atoms with E-state index < -0.39 is 6.03 Å². The van der Waals surface area contributed by atoms with Crippen LogP contribution in [0.15, 0.2) is 6.07 Å². The van der Waals surface area contributed by atoms with Gasteiger partial charge in [0.25, 0.3) is 0 Å². The molecule has 0 bridgehead atoms. The van der Waals surface area contributed by atoms with Crippen molar-refractivity contribution < 1.29 is 14.4 Å². The van der Waals surface area contributed by atoms with Crippen molar-refractivity contribution in [2.45, 2.75) is 26.3 Å². The van der Waals surface area contributed by atoms with E-state index in [1.807, 2.05) is 24.6 Å². The Hall–Kier alpha value is -2.38. The Morgan fingerprint density at radius 2 is 2.09 bits per heavy atom. The molecule has 1 aromatic heterocycles. The number of urea groups is 1. The van der Waals surface area contributed by atoms with E-state index >= 15 is 0 Å². The molecule has 2 aliphatic heterocycles. The molecule has 1 N–H and O–H groups in total. The van der Waals surface area contributed by atoms with Crippen LogP contribution in [0, 0.1) is 13.8 Å². The van der Waals surface area contributed by atoms with Gasteiger partial charge in [-0.15, -0.1) is 0 Å². The van der Waals surface area contributed by atoms with Gasteiger partial charge in [-0.05, 0) is 19.9 Å². The molecule has 0 aromatic carbocycles. The second-order valence-electron chi connectivity index (χ2n) is 5.79. The first kappa shape index (κ1) is 14.6. The zero-order valence-electron chi connectivity index (χ0n) is 12.7. The summed E-state index contributed by atoms with van der Waals surface area (Å²) in [5.74, 6) is -0.504. The first-order chi connectivity index (χ1) is 10.5. The average Bonchev–Trinajstić information content (AvgIpc) is 2.71. The lowest BCUT2D eigenvalue weighted by molar-refractivity contribution is -0.142. The Balaban J connectivity index is 1.56. The van der Waals surface area contributed by atoms with Gasteiger partial charge in [0.2, 0.25) is 11.8 Å². The van der Waals surface area contributed by atoms with E-state index in [2.05, 4.69) is 10.4 Å². The van der Waals surface area contributed by atoms with Crippen LogP contribution in [-0.2, 0) is 9.59 Å². The van der Waals surface area contributed by atoms with Crippen LogP contribution in [0.4, 0.5) is 4.79 Å². The molecule has 0 saturated carbocycles. The van der Waals surface area contributed by atoms with Crippen LogP contribution in [0.5, 0.6) is 0 Å². The standard InChI is InChI=1S/C14H19N5O3/c1-9-5-10(2)19(16-9)11-6-17(7-11)13(21)8-18-12(20)3-4-15-14(18)22/h5,11H,3-4,6-8H2,1-2H3,(H,15,22). The summed E-state index contributed by atoms with van der Waals surface area (Å²) in [6, 6.07) is 1.69. The van der Waals surface area contributed by atoms with Gasteiger partial charge in [-0.25, -0.2) is 4.79 Å². The van der Waals surface area contributed by atoms with Gasteiger partial charge in [0.1, 0.15) is 6.54 Å². The van der Waals surface area contributed by atoms with Crippen LogP contribution in [0.1, 0.15) is 23.9 Å². The second kappa shape index (κ2) is 5.43. The Kier molecular flexibility index (Phi) is 3.59. The van der Waals surface area contributed by atoms with Crippen molar-refractivity contribution in [2.75, 3.05) is 26.2 Å². The average molecular weight is 305 g/mol. The fourth-order valence-corrected chi connectivity index (χ4v) is 2.84. The van der Waals surface area contributed by atoms with Crippen molar-refractivity contribution in [3.8, 4) is 0 Å². The lowest BCUT2D eigenvalue weighted by Crippen LogP contribution is -2.57. The van der Waals surface area contributed by atoms with E-state index in [1.54, 1.807) is 4.90 Å². The van der Waals surface area contributed by atoms with Crippen LogP contribution >= 0.6 is 0 Å². The maximum atomic E-state index is 12.2. The first-order valence-corrected chi connectivity index (χ1v) is 7.34. The molecule has 2 saturated heterocycles. The van der Waals surface area contributed by atoms with E-state index in [0.717, 1.165) is 16.3 Å². The minimum absolute atomic E-state index is 0.170. The SMILES string of the molecule is Cc1cc(C)n(C2CN(C(=O)CN3C(=O)CCNC3=O)C2)n1. The number of hydrogen-bond acceptors (Lipinski definition) is 4. The summed E-state index contributed by atoms with van der Waals surface area (Å²) in [6.07, 6.45) is 0.243. The predicted octanol–water partition coefficient (Wildman–Crippen LogP) is -0.175. The minimum atomic E-state index is -0.486. The molecule has 22 heavy (non-hydrogen) atoms. The Labute approximate surface area is 128 Å². The Bertz CT molecular complexity index is 616. The van der Waals surface area contributed by atoms with Gasteiger partial charge in [0.15, 0.2) is 0 Å². The van der Waals surface area contributed by atoms with E-state index in [4.69, 9.17) is 0 Å². The van der Waals surface area contributed by atoms with Crippen molar-refractivity contribution in [1.29, 1.82) is 0 Å². The molecule has 0 unspecified atom stereocenters. The zero-order chi connectivity index (χ0) is 15.9. The van der Waals surface area contributed by atoms with Gasteiger partial charge in [-0.1, -0.05) is 0 Å². The number of rotatable bonds is 3. The number of aromatic nitrogens is 2. The van der Waals surface area contributed by atoms with Gasteiger partial charge in [-0.2, -0.15) is 5.10 Å². The molecule has 4 amide bonds. The molecule has 3 heterocycles. The topological polar surface area (TPSA) is 87.5 Å². The van der Waals surface area contributed by atoms with E-state index in [1.165, 1.54) is 0 Å². The summed E-state index contributed by atoms with van der Waals surface area (Å²) in [6.45, 7) is 5.20. The second-order valence-corrected chi connectivity index (χ2v) is 5.79. The van der Waals surface area contributed by atoms with Crippen molar-refractivity contribution in [3.63, 3.8) is 0 Å². The molecule has 2 aliphatic rings. The van der Waals surface area contributed by atoms with E-state index in [9.17, 15) is 14.4 Å². The van der Waals surface area contributed by atoms with Crippen molar-refractivity contribution in [2.24, 2.45) is 0 Å². The summed E-state index contributed by atoms with van der Waals surface area (Å²) in [5.41, 5.74) is 2.03. The molecule has 8 nitrogen and oxygen atoms in total. The van der Waals surface area contributed by atoms with Gasteiger partial charge in [0, 0.05) is 31.7 Å². The highest BCUT2D eigenvalue weighted by molar-refractivity contribution is 6.00. The summed E-state index contributed by atoms with van der Waals surface area (Å²) < 4.78 is 1.93. The predicted molar refractivity (Wildman–Crippen MR) is 77.0 cm³/mol. The number of imide groups is 1. The van der Waals surface area contributed by atoms with Gasteiger partial charge >= 0.3 is 6.03 Å². The van der Waals surface area contributed by atoms with Gasteiger partial charge in [-0.3, -0.25) is 19.2 Å². The van der Waals surface area contributed by atoms with Crippen LogP contribution < -0.4 is 5.32 Å². The lowest BCUT2D eigenvalue weighted by Gasteiger charge is -2.40. The maximum Gasteiger partial charge on any atom is 0.324 e. The molecule has 118 valence electrons. The fourth-order valence-electron chi connectivity index (χ4n) is 2.84. The molecule has 0 spiro atoms. The Morgan fingerprint density at radius 3 is 2.68 bits per heavy atom. The van der Waals surface area contributed by atoms with Gasteiger partial charge in [0.05, 0.1) is 11.7 Å². The van der Waals surface area contributed by atoms with Crippen molar-refractivity contribution in [1.82, 2.24) is 24.9 Å². The van der Waals surface area contributed by atoms with E-state index in [0.29, 0.717) is 19.6 Å². The highest BCUT2D eigenvalue weighted by atomic mass is 16.2. The number of hydrogen-bond donors (Lipinski definition) is 1. The van der Waals surface area contributed by atoms with Crippen LogP contribution in [0.25, 0.3) is 0 Å². The third kappa shape index (κ3) is 2.56. The van der Waals surface area contributed by atoms with E-state index in [-0.39, 0.29) is 30.8 Å². The number of aryl methyl sites for hydroxylation is 2. The highest BCUT2D eigenvalue weighted by Gasteiger charge is 2.36. The number of nitrogens with zero attached hydrogens (tertiary/aromatic N) is 4. The molecule has 0 atom stereocenters. The molecule has 3 rings (SSSR count). The van der Waals surface area contributed by atoms with Crippen LogP contribution in [-0.4, -0.2) is 63.6 Å². The quantitative estimate of drug-likeness (QED) is 0.839. The number of nitrogens with one attached hydrogen (secondary N) is 1. The van der Waals surface area contributed by atoms with Crippen LogP contribution in [0.3, 0.4) is 0 Å². The highest BCUT2D eigenvalue weighted by Crippen LogP contribution is 2.23. The molecular formula is C14H19N5O3. The summed E-state index contributed by atoms with van der Waals surface area (Å²) >= 11 is 0. The molecule has 2 fully saturated rings. The summed E-state index contributed by atoms with van der Waals surface area (Å²) in [4.78, 5) is 38.1. The summed E-state index contributed by atoms with van der Waals surface area (Å²) in [5, 5.41) is 6.98. The van der Waals surface area contributed by atoms with Crippen LogP contribution in [0.2, 0.25) is 0 Å². The largest absolute Gasteiger partial charge is 0.337 e. The Morgan fingerprint density at radius 1 is 1.36 bits per heavy atom. The number of carbonyl (C=O) groups is 3. The molecular weight excluding hydrogens is 286 g/mol. The minimum Gasteiger partial charge on any atom is -0.337 e. The smallest absolute Gasteiger partial charge is 0.324 e. The normalized spacial score (nSPS) is 19.2. The molecule has 8 heteroatoms. The molecule has 0 aliphatic carbocycles. The zero-order valence-corrected chi connectivity index (χ0v) is 12.7. The number of amides is 4.